The standard InChI is InChI=1S/C28H31ClN4O/c1-20-9-3-6-12-25(20)33-27-22(19-21-13-15-23(29)16-14-21)10-4-5-11-24(27)26(30-33)28(34)31-32-17-7-2-8-18-32/h3,6,9,12-16,19H,2,4-5,7-8,10-11,17-18H2,1H3,(H,31,34)/b22-19+. The zero-order valence-corrected chi connectivity index (χ0v) is 20.4. The lowest BCUT2D eigenvalue weighted by atomic mass is 10.0. The van der Waals surface area contributed by atoms with Crippen LogP contribution in [0.15, 0.2) is 48.5 Å². The molecule has 0 unspecified atom stereocenters. The van der Waals surface area contributed by atoms with Crippen molar-refractivity contribution in [2.45, 2.75) is 51.9 Å². The second-order valence-electron chi connectivity index (χ2n) is 9.29. The minimum absolute atomic E-state index is 0.0989. The summed E-state index contributed by atoms with van der Waals surface area (Å²) < 4.78 is 2.00. The molecule has 1 aliphatic heterocycles. The molecule has 1 fully saturated rings. The molecule has 176 valence electrons. The van der Waals surface area contributed by atoms with E-state index >= 15 is 0 Å². The molecule has 0 saturated carbocycles. The van der Waals surface area contributed by atoms with Crippen molar-refractivity contribution >= 4 is 29.2 Å². The highest BCUT2D eigenvalue weighted by Gasteiger charge is 2.28. The summed E-state index contributed by atoms with van der Waals surface area (Å²) in [6.07, 6.45) is 9.59. The van der Waals surface area contributed by atoms with Gasteiger partial charge in [-0.2, -0.15) is 5.10 Å². The van der Waals surface area contributed by atoms with Crippen molar-refractivity contribution in [2.24, 2.45) is 0 Å². The van der Waals surface area contributed by atoms with Gasteiger partial charge >= 0.3 is 0 Å². The summed E-state index contributed by atoms with van der Waals surface area (Å²) in [5.74, 6) is -0.0989. The lowest BCUT2D eigenvalue weighted by molar-refractivity contribution is 0.0743. The first-order valence-corrected chi connectivity index (χ1v) is 12.7. The van der Waals surface area contributed by atoms with Gasteiger partial charge in [-0.1, -0.05) is 48.4 Å². The normalized spacial score (nSPS) is 17.9. The monoisotopic (exact) mass is 474 g/mol. The molecule has 1 amide bonds. The van der Waals surface area contributed by atoms with Gasteiger partial charge in [-0.3, -0.25) is 10.2 Å². The quantitative estimate of drug-likeness (QED) is 0.456. The maximum Gasteiger partial charge on any atom is 0.286 e. The Morgan fingerprint density at radius 3 is 2.47 bits per heavy atom. The van der Waals surface area contributed by atoms with Crippen LogP contribution >= 0.6 is 11.6 Å². The van der Waals surface area contributed by atoms with E-state index in [4.69, 9.17) is 16.7 Å². The molecule has 1 aromatic heterocycles. The summed E-state index contributed by atoms with van der Waals surface area (Å²) in [7, 11) is 0. The Bertz CT molecular complexity index is 1210. The largest absolute Gasteiger partial charge is 0.286 e. The first kappa shape index (κ1) is 22.9. The molecule has 5 nitrogen and oxygen atoms in total. The highest BCUT2D eigenvalue weighted by atomic mass is 35.5. The molecule has 0 spiro atoms. The van der Waals surface area contributed by atoms with Gasteiger partial charge in [0.1, 0.15) is 0 Å². The van der Waals surface area contributed by atoms with Crippen molar-refractivity contribution in [3.05, 3.63) is 81.6 Å². The third-order valence-electron chi connectivity index (χ3n) is 6.80. The first-order valence-electron chi connectivity index (χ1n) is 12.3. The third-order valence-corrected chi connectivity index (χ3v) is 7.05. The average Bonchev–Trinajstić information content (AvgIpc) is 3.10. The van der Waals surface area contributed by atoms with Crippen molar-refractivity contribution in [1.82, 2.24) is 20.2 Å². The average molecular weight is 475 g/mol. The molecule has 3 aromatic rings. The summed E-state index contributed by atoms with van der Waals surface area (Å²) in [6, 6.07) is 16.2. The molecule has 2 heterocycles. The number of halogens is 1. The van der Waals surface area contributed by atoms with Crippen molar-refractivity contribution in [2.75, 3.05) is 13.1 Å². The predicted octanol–water partition coefficient (Wildman–Crippen LogP) is 6.23. The fraction of sp³-hybridized carbons (Fsp3) is 0.357. The maximum atomic E-state index is 13.5. The summed E-state index contributed by atoms with van der Waals surface area (Å²) in [5, 5.41) is 7.73. The Morgan fingerprint density at radius 2 is 1.71 bits per heavy atom. The lowest BCUT2D eigenvalue weighted by Gasteiger charge is -2.26. The molecule has 5 rings (SSSR count). The number of para-hydroxylation sites is 1. The predicted molar refractivity (Wildman–Crippen MR) is 138 cm³/mol. The lowest BCUT2D eigenvalue weighted by Crippen LogP contribution is -2.45. The molecule has 0 atom stereocenters. The van der Waals surface area contributed by atoms with E-state index in [1.54, 1.807) is 0 Å². The minimum atomic E-state index is -0.0989. The minimum Gasteiger partial charge on any atom is -0.283 e. The maximum absolute atomic E-state index is 13.5. The van der Waals surface area contributed by atoms with Crippen LogP contribution in [0.5, 0.6) is 0 Å². The summed E-state index contributed by atoms with van der Waals surface area (Å²) in [5.41, 5.74) is 10.3. The van der Waals surface area contributed by atoms with Crippen LogP contribution in [0.4, 0.5) is 0 Å². The van der Waals surface area contributed by atoms with Crippen molar-refractivity contribution in [1.29, 1.82) is 0 Å². The Balaban J connectivity index is 1.63. The second-order valence-corrected chi connectivity index (χ2v) is 9.73. The van der Waals surface area contributed by atoms with Crippen LogP contribution in [0.3, 0.4) is 0 Å². The van der Waals surface area contributed by atoms with Crippen molar-refractivity contribution in [3.63, 3.8) is 0 Å². The second kappa shape index (κ2) is 10.2. The van der Waals surface area contributed by atoms with Gasteiger partial charge in [-0.05, 0) is 86.4 Å². The zero-order valence-electron chi connectivity index (χ0n) is 19.7. The number of amides is 1. The van der Waals surface area contributed by atoms with Crippen molar-refractivity contribution < 1.29 is 4.79 Å². The van der Waals surface area contributed by atoms with Crippen molar-refractivity contribution in [3.8, 4) is 5.69 Å². The van der Waals surface area contributed by atoms with E-state index in [2.05, 4.69) is 30.6 Å². The number of carbonyl (C=O) groups excluding carboxylic acids is 1. The molecular formula is C28H31ClN4O. The number of allylic oxidation sites excluding steroid dienone is 1. The number of rotatable bonds is 4. The smallest absolute Gasteiger partial charge is 0.283 e. The number of hydrogen-bond acceptors (Lipinski definition) is 3. The number of carbonyl (C=O) groups is 1. The molecule has 1 saturated heterocycles. The van der Waals surface area contributed by atoms with Crippen LogP contribution in [0.2, 0.25) is 5.02 Å². The van der Waals surface area contributed by atoms with E-state index in [1.807, 2.05) is 46.1 Å². The van der Waals surface area contributed by atoms with E-state index in [0.29, 0.717) is 5.69 Å². The molecule has 0 bridgehead atoms. The van der Waals surface area contributed by atoms with E-state index in [1.165, 1.54) is 12.0 Å². The fourth-order valence-electron chi connectivity index (χ4n) is 5.01. The van der Waals surface area contributed by atoms with E-state index in [-0.39, 0.29) is 5.91 Å². The number of fused-ring (bicyclic) bond motifs is 1. The van der Waals surface area contributed by atoms with Crippen LogP contribution in [-0.2, 0) is 6.42 Å². The number of hydrazine groups is 1. The number of aromatic nitrogens is 2. The molecule has 6 heteroatoms. The molecule has 1 N–H and O–H groups in total. The van der Waals surface area contributed by atoms with E-state index in [9.17, 15) is 4.79 Å². The number of aryl methyl sites for hydroxylation is 1. The first-order chi connectivity index (χ1) is 16.6. The van der Waals surface area contributed by atoms with E-state index < -0.39 is 0 Å². The molecular weight excluding hydrogens is 444 g/mol. The summed E-state index contributed by atoms with van der Waals surface area (Å²) in [6.45, 7) is 3.89. The van der Waals surface area contributed by atoms with Gasteiger partial charge in [0, 0.05) is 23.7 Å². The van der Waals surface area contributed by atoms with Gasteiger partial charge in [0.2, 0.25) is 0 Å². The number of benzene rings is 2. The number of nitrogens with one attached hydrogen (secondary N) is 1. The summed E-state index contributed by atoms with van der Waals surface area (Å²) >= 11 is 6.12. The zero-order chi connectivity index (χ0) is 23.5. The van der Waals surface area contributed by atoms with Gasteiger partial charge in [0.15, 0.2) is 5.69 Å². The van der Waals surface area contributed by atoms with Gasteiger partial charge in [0.05, 0.1) is 11.4 Å². The molecule has 34 heavy (non-hydrogen) atoms. The van der Waals surface area contributed by atoms with Gasteiger partial charge in [-0.25, -0.2) is 9.69 Å². The molecule has 2 aliphatic rings. The van der Waals surface area contributed by atoms with Crippen LogP contribution in [-0.4, -0.2) is 33.8 Å². The van der Waals surface area contributed by atoms with Crippen LogP contribution in [0.25, 0.3) is 17.3 Å². The Hall–Kier alpha value is -2.89. The Morgan fingerprint density at radius 1 is 0.971 bits per heavy atom. The highest BCUT2D eigenvalue weighted by Crippen LogP contribution is 2.35. The number of piperidine rings is 1. The topological polar surface area (TPSA) is 50.2 Å². The Labute approximate surface area is 206 Å². The van der Waals surface area contributed by atoms with Crippen LogP contribution in [0, 0.1) is 6.92 Å². The third kappa shape index (κ3) is 4.82. The van der Waals surface area contributed by atoms with Gasteiger partial charge in [-0.15, -0.1) is 0 Å². The summed E-state index contributed by atoms with van der Waals surface area (Å²) in [4.78, 5) is 13.5. The highest BCUT2D eigenvalue weighted by molar-refractivity contribution is 6.30. The van der Waals surface area contributed by atoms with Crippen LogP contribution in [0.1, 0.15) is 71.4 Å². The number of hydrogen-bond donors (Lipinski definition) is 1. The van der Waals surface area contributed by atoms with Gasteiger partial charge < -0.3 is 0 Å². The van der Waals surface area contributed by atoms with Crippen LogP contribution < -0.4 is 5.43 Å². The fourth-order valence-corrected chi connectivity index (χ4v) is 5.14. The number of nitrogens with zero attached hydrogens (tertiary/aromatic N) is 3. The SMILES string of the molecule is Cc1ccccc1-n1nc(C(=O)NN2CCCCC2)c2c1/C(=C/c1ccc(Cl)cc1)CCCC2. The Kier molecular flexibility index (Phi) is 6.84. The molecule has 0 radical (unpaired) electrons. The molecule has 1 aliphatic carbocycles. The molecule has 2 aromatic carbocycles. The van der Waals surface area contributed by atoms with Gasteiger partial charge in [0.25, 0.3) is 5.91 Å². The van der Waals surface area contributed by atoms with E-state index in [0.717, 1.165) is 84.7 Å².